The summed E-state index contributed by atoms with van der Waals surface area (Å²) in [5.74, 6) is 0.969. The molecule has 3 heteroatoms. The molecule has 1 nitrogen and oxygen atoms in total. The Bertz CT molecular complexity index is 1180. The van der Waals surface area contributed by atoms with E-state index in [9.17, 15) is 0 Å². The van der Waals surface area contributed by atoms with E-state index in [0.29, 0.717) is 0 Å². The average molecular weight is 465 g/mol. The standard InChI is InChI=1S/C30H30NSSi/c1-30(2,3)31-22-24-14-13-21-28(29(24)32-23-31)33(25-15-7-4-8-16-25,26-17-9-5-10-18-26)27-19-11-6-12-20-27/h4-22H,23H2,1-3H3/q+1. The minimum atomic E-state index is -2.51. The molecule has 0 fully saturated rings. The smallest absolute Gasteiger partial charge is 0.193 e. The maximum Gasteiger partial charge on any atom is 0.193 e. The molecule has 164 valence electrons. The van der Waals surface area contributed by atoms with Gasteiger partial charge in [0.05, 0.1) is 5.56 Å². The van der Waals surface area contributed by atoms with Crippen molar-refractivity contribution >= 4 is 46.8 Å². The zero-order valence-corrected chi connectivity index (χ0v) is 21.3. The minimum Gasteiger partial charge on any atom is -0.221 e. The van der Waals surface area contributed by atoms with Gasteiger partial charge < -0.3 is 0 Å². The number of thioether (sulfide) groups is 1. The molecule has 0 saturated carbocycles. The molecule has 0 aromatic heterocycles. The second-order valence-electron chi connectivity index (χ2n) is 9.62. The number of nitrogens with zero attached hydrogens (tertiary/aromatic N) is 1. The van der Waals surface area contributed by atoms with Gasteiger partial charge in [-0.15, -0.1) is 0 Å². The van der Waals surface area contributed by atoms with Crippen molar-refractivity contribution in [3.63, 3.8) is 0 Å². The van der Waals surface area contributed by atoms with Crippen molar-refractivity contribution in [2.24, 2.45) is 0 Å². The summed E-state index contributed by atoms with van der Waals surface area (Å²) in [6, 6.07) is 40.5. The lowest BCUT2D eigenvalue weighted by Gasteiger charge is -2.36. The molecule has 5 rings (SSSR count). The Morgan fingerprint density at radius 3 is 1.58 bits per heavy atom. The van der Waals surface area contributed by atoms with Gasteiger partial charge in [-0.1, -0.05) is 115 Å². The summed E-state index contributed by atoms with van der Waals surface area (Å²) < 4.78 is 2.46. The van der Waals surface area contributed by atoms with Crippen LogP contribution in [0.4, 0.5) is 0 Å². The Morgan fingerprint density at radius 2 is 1.12 bits per heavy atom. The van der Waals surface area contributed by atoms with Crippen LogP contribution in [-0.4, -0.2) is 30.3 Å². The van der Waals surface area contributed by atoms with Gasteiger partial charge in [0.1, 0.15) is 0 Å². The number of fused-ring (bicyclic) bond motifs is 1. The molecule has 1 aliphatic rings. The summed E-state index contributed by atoms with van der Waals surface area (Å²) in [5, 5.41) is 5.76. The summed E-state index contributed by atoms with van der Waals surface area (Å²) >= 11 is 1.99. The van der Waals surface area contributed by atoms with Crippen LogP contribution < -0.4 is 20.7 Å². The molecule has 0 bridgehead atoms. The van der Waals surface area contributed by atoms with Crippen LogP contribution in [0.25, 0.3) is 0 Å². The fourth-order valence-electron chi connectivity index (χ4n) is 4.87. The van der Waals surface area contributed by atoms with E-state index in [-0.39, 0.29) is 5.54 Å². The van der Waals surface area contributed by atoms with E-state index in [1.807, 2.05) is 11.8 Å². The summed E-state index contributed by atoms with van der Waals surface area (Å²) in [5.41, 5.74) is 1.44. The van der Waals surface area contributed by atoms with Crippen molar-refractivity contribution < 1.29 is 4.58 Å². The first kappa shape index (κ1) is 21.9. The van der Waals surface area contributed by atoms with Gasteiger partial charge in [-0.25, -0.2) is 4.58 Å². The summed E-state index contributed by atoms with van der Waals surface area (Å²) in [6.07, 6.45) is 2.37. The molecule has 33 heavy (non-hydrogen) atoms. The topological polar surface area (TPSA) is 3.01 Å². The Labute approximate surface area is 202 Å². The molecule has 0 aliphatic carbocycles. The maximum absolute atomic E-state index is 2.51. The van der Waals surface area contributed by atoms with E-state index in [2.05, 4.69) is 141 Å². The lowest BCUT2D eigenvalue weighted by Crippen LogP contribution is -2.75. The molecule has 0 saturated heterocycles. The highest BCUT2D eigenvalue weighted by molar-refractivity contribution is 7.99. The molecule has 0 N–H and O–H groups in total. The second kappa shape index (κ2) is 8.81. The van der Waals surface area contributed by atoms with Crippen LogP contribution in [0.15, 0.2) is 114 Å². The van der Waals surface area contributed by atoms with Crippen molar-refractivity contribution in [2.45, 2.75) is 31.2 Å². The fourth-order valence-corrected chi connectivity index (χ4v) is 11.6. The van der Waals surface area contributed by atoms with Crippen molar-refractivity contribution in [3.05, 3.63) is 115 Å². The third-order valence-electron chi connectivity index (χ3n) is 6.57. The van der Waals surface area contributed by atoms with E-state index >= 15 is 0 Å². The summed E-state index contributed by atoms with van der Waals surface area (Å²) in [6.45, 7) is 6.86. The van der Waals surface area contributed by atoms with Gasteiger partial charge in [-0.2, -0.15) is 0 Å². The van der Waals surface area contributed by atoms with E-state index in [0.717, 1.165) is 5.88 Å². The largest absolute Gasteiger partial charge is 0.221 e. The third-order valence-corrected chi connectivity index (χ3v) is 12.7. The molecular formula is C30H30NSSi+. The lowest BCUT2D eigenvalue weighted by atomic mass is 10.1. The second-order valence-corrected chi connectivity index (χ2v) is 14.3. The van der Waals surface area contributed by atoms with Crippen molar-refractivity contribution in [1.82, 2.24) is 0 Å². The van der Waals surface area contributed by atoms with Crippen molar-refractivity contribution in [3.8, 4) is 0 Å². The number of rotatable bonds is 4. The Morgan fingerprint density at radius 1 is 0.636 bits per heavy atom. The quantitative estimate of drug-likeness (QED) is 0.246. The first-order valence-electron chi connectivity index (χ1n) is 11.6. The zero-order chi connectivity index (χ0) is 22.9. The number of hydrogen-bond donors (Lipinski definition) is 0. The van der Waals surface area contributed by atoms with Crippen LogP contribution in [-0.2, 0) is 0 Å². The average Bonchev–Trinajstić information content (AvgIpc) is 2.86. The predicted molar refractivity (Wildman–Crippen MR) is 146 cm³/mol. The monoisotopic (exact) mass is 464 g/mol. The third kappa shape index (κ3) is 3.90. The number of benzene rings is 4. The van der Waals surface area contributed by atoms with Crippen LogP contribution in [0.2, 0.25) is 0 Å². The van der Waals surface area contributed by atoms with E-state index in [1.54, 1.807) is 0 Å². The Balaban J connectivity index is 1.88. The van der Waals surface area contributed by atoms with E-state index in [4.69, 9.17) is 0 Å². The van der Waals surface area contributed by atoms with Crippen LogP contribution in [0.1, 0.15) is 26.3 Å². The Kier molecular flexibility index (Phi) is 5.86. The van der Waals surface area contributed by atoms with Crippen molar-refractivity contribution in [2.75, 3.05) is 5.88 Å². The van der Waals surface area contributed by atoms with Gasteiger partial charge >= 0.3 is 0 Å². The summed E-state index contributed by atoms with van der Waals surface area (Å²) in [7, 11) is -2.51. The highest BCUT2D eigenvalue weighted by atomic mass is 32.2. The molecule has 0 atom stereocenters. The molecule has 0 unspecified atom stereocenters. The van der Waals surface area contributed by atoms with Crippen molar-refractivity contribution in [1.29, 1.82) is 0 Å². The van der Waals surface area contributed by atoms with E-state index in [1.165, 1.54) is 31.2 Å². The molecule has 0 amide bonds. The normalized spacial score (nSPS) is 13.8. The van der Waals surface area contributed by atoms with Gasteiger partial charge in [0, 0.05) is 4.90 Å². The van der Waals surface area contributed by atoms with Crippen LogP contribution in [0.5, 0.6) is 0 Å². The van der Waals surface area contributed by atoms with Crippen LogP contribution in [0.3, 0.4) is 0 Å². The molecule has 4 aromatic carbocycles. The van der Waals surface area contributed by atoms with Gasteiger partial charge in [0.25, 0.3) is 0 Å². The molecule has 1 aliphatic heterocycles. The van der Waals surface area contributed by atoms with Gasteiger partial charge in [0.15, 0.2) is 25.7 Å². The highest BCUT2D eigenvalue weighted by Gasteiger charge is 2.44. The van der Waals surface area contributed by atoms with Crippen LogP contribution >= 0.6 is 11.8 Å². The van der Waals surface area contributed by atoms with E-state index < -0.39 is 8.07 Å². The molecule has 1 heterocycles. The zero-order valence-electron chi connectivity index (χ0n) is 19.5. The van der Waals surface area contributed by atoms with Gasteiger partial charge in [-0.3, -0.25) is 0 Å². The van der Waals surface area contributed by atoms with Crippen LogP contribution in [0, 0.1) is 0 Å². The maximum atomic E-state index is 2.46. The highest BCUT2D eigenvalue weighted by Crippen LogP contribution is 2.28. The van der Waals surface area contributed by atoms with Gasteiger partial charge in [-0.05, 0) is 47.6 Å². The fraction of sp³-hybridized carbons (Fsp3) is 0.167. The minimum absolute atomic E-state index is 0.105. The lowest BCUT2D eigenvalue weighted by molar-refractivity contribution is -0.575. The molecule has 4 aromatic rings. The molecular weight excluding hydrogens is 434 g/mol. The van der Waals surface area contributed by atoms with Gasteiger partial charge in [0.2, 0.25) is 0 Å². The summed E-state index contributed by atoms with van der Waals surface area (Å²) in [4.78, 5) is 1.43. The number of hydrogen-bond acceptors (Lipinski definition) is 1. The predicted octanol–water partition coefficient (Wildman–Crippen LogP) is 4.36. The SMILES string of the molecule is CC(C)(C)[N+]1=Cc2cccc([Si](c3ccccc3)(c3ccccc3)c3ccccc3)c2SC1. The molecule has 0 spiro atoms. The molecule has 0 radical (unpaired) electrons. The first-order chi connectivity index (χ1) is 16.0. The Hall–Kier alpha value is -2.88. The first-order valence-corrected chi connectivity index (χ1v) is 14.5.